The largest absolute Gasteiger partial charge is 0.481 e. The van der Waals surface area contributed by atoms with Crippen molar-refractivity contribution in [1.29, 1.82) is 0 Å². The van der Waals surface area contributed by atoms with Crippen molar-refractivity contribution in [2.75, 3.05) is 0 Å². The molecule has 2 saturated carbocycles. The fourth-order valence-corrected chi connectivity index (χ4v) is 3.74. The number of rotatable bonds is 5. The molecule has 20 heavy (non-hydrogen) atoms. The molecule has 0 saturated heterocycles. The highest BCUT2D eigenvalue weighted by Gasteiger charge is 2.51. The van der Waals surface area contributed by atoms with E-state index in [1.54, 1.807) is 0 Å². The Hall–Kier alpha value is -1.26. The van der Waals surface area contributed by atoms with Gasteiger partial charge in [-0.3, -0.25) is 4.79 Å². The number of urea groups is 1. The topological polar surface area (TPSA) is 78.4 Å². The van der Waals surface area contributed by atoms with E-state index in [0.29, 0.717) is 5.92 Å². The van der Waals surface area contributed by atoms with Gasteiger partial charge in [-0.2, -0.15) is 0 Å². The molecular formula is C15H26N2O3. The van der Waals surface area contributed by atoms with Crippen molar-refractivity contribution in [2.24, 2.45) is 17.8 Å². The number of nitrogens with one attached hydrogen (secondary N) is 2. The van der Waals surface area contributed by atoms with Gasteiger partial charge in [0, 0.05) is 11.6 Å². The second-order valence-corrected chi connectivity index (χ2v) is 6.59. The molecule has 3 N–H and O–H groups in total. The molecule has 0 aromatic rings. The molecular weight excluding hydrogens is 256 g/mol. The summed E-state index contributed by atoms with van der Waals surface area (Å²) < 4.78 is 0. The third-order valence-corrected chi connectivity index (χ3v) is 5.48. The van der Waals surface area contributed by atoms with Gasteiger partial charge in [-0.1, -0.05) is 13.8 Å². The quantitative estimate of drug-likeness (QED) is 0.724. The van der Waals surface area contributed by atoms with Crippen LogP contribution < -0.4 is 10.6 Å². The van der Waals surface area contributed by atoms with E-state index < -0.39 is 11.9 Å². The third kappa shape index (κ3) is 2.76. The molecule has 4 unspecified atom stereocenters. The molecule has 0 aromatic carbocycles. The van der Waals surface area contributed by atoms with Crippen LogP contribution in [0.1, 0.15) is 52.9 Å². The Morgan fingerprint density at radius 1 is 1.20 bits per heavy atom. The van der Waals surface area contributed by atoms with Crippen molar-refractivity contribution in [2.45, 2.75) is 64.5 Å². The zero-order valence-corrected chi connectivity index (χ0v) is 12.6. The van der Waals surface area contributed by atoms with Gasteiger partial charge < -0.3 is 15.7 Å². The second-order valence-electron chi connectivity index (χ2n) is 6.59. The standard InChI is InChI=1S/C15H26N2O3/c1-4-15(3,5-2)17-14(20)16-12-10-7-6-9(8-10)11(12)13(18)19/h9-12H,4-8H2,1-3H3,(H,18,19)(H2,16,17,20). The maximum absolute atomic E-state index is 12.2. The predicted octanol–water partition coefficient (Wildman–Crippen LogP) is 2.36. The van der Waals surface area contributed by atoms with Crippen molar-refractivity contribution in [3.05, 3.63) is 0 Å². The van der Waals surface area contributed by atoms with Gasteiger partial charge in [-0.15, -0.1) is 0 Å². The third-order valence-electron chi connectivity index (χ3n) is 5.48. The highest BCUT2D eigenvalue weighted by Crippen LogP contribution is 2.48. The van der Waals surface area contributed by atoms with E-state index in [4.69, 9.17) is 0 Å². The minimum absolute atomic E-state index is 0.204. The highest BCUT2D eigenvalue weighted by molar-refractivity contribution is 5.78. The molecule has 114 valence electrons. The average molecular weight is 282 g/mol. The number of aliphatic carboxylic acids is 1. The number of fused-ring (bicyclic) bond motifs is 2. The molecule has 4 atom stereocenters. The molecule has 0 spiro atoms. The monoisotopic (exact) mass is 282 g/mol. The molecule has 2 aliphatic carbocycles. The summed E-state index contributed by atoms with van der Waals surface area (Å²) in [5.41, 5.74) is -0.222. The van der Waals surface area contributed by atoms with Gasteiger partial charge in [0.25, 0.3) is 0 Å². The van der Waals surface area contributed by atoms with Crippen LogP contribution in [0.3, 0.4) is 0 Å². The summed E-state index contributed by atoms with van der Waals surface area (Å²) in [4.78, 5) is 23.6. The Balaban J connectivity index is 1.98. The lowest BCUT2D eigenvalue weighted by Gasteiger charge is -2.32. The predicted molar refractivity (Wildman–Crippen MR) is 76.4 cm³/mol. The maximum Gasteiger partial charge on any atom is 0.315 e. The lowest BCUT2D eigenvalue weighted by atomic mass is 9.84. The molecule has 0 heterocycles. The molecule has 0 radical (unpaired) electrons. The summed E-state index contributed by atoms with van der Waals surface area (Å²) in [5.74, 6) is -0.599. The highest BCUT2D eigenvalue weighted by atomic mass is 16.4. The number of hydrogen-bond acceptors (Lipinski definition) is 2. The molecule has 5 nitrogen and oxygen atoms in total. The van der Waals surface area contributed by atoms with E-state index in [0.717, 1.165) is 32.1 Å². The van der Waals surface area contributed by atoms with Crippen molar-refractivity contribution in [1.82, 2.24) is 10.6 Å². The van der Waals surface area contributed by atoms with Gasteiger partial charge in [-0.25, -0.2) is 4.79 Å². The normalized spacial score (nSPS) is 32.1. The summed E-state index contributed by atoms with van der Waals surface area (Å²) in [6, 6.07) is -0.427. The van der Waals surface area contributed by atoms with E-state index in [1.165, 1.54) is 0 Å². The number of carbonyl (C=O) groups is 2. The zero-order valence-electron chi connectivity index (χ0n) is 12.6. The molecule has 2 fully saturated rings. The summed E-state index contributed by atoms with van der Waals surface area (Å²) in [6.07, 6.45) is 4.69. The van der Waals surface area contributed by atoms with Crippen molar-refractivity contribution < 1.29 is 14.7 Å². The lowest BCUT2D eigenvalue weighted by Crippen LogP contribution is -2.55. The Labute approximate surface area is 120 Å². The van der Waals surface area contributed by atoms with Crippen molar-refractivity contribution >= 4 is 12.0 Å². The first-order valence-corrected chi connectivity index (χ1v) is 7.71. The average Bonchev–Trinajstić information content (AvgIpc) is 2.98. The first-order valence-electron chi connectivity index (χ1n) is 7.71. The van der Waals surface area contributed by atoms with Crippen molar-refractivity contribution in [3.63, 3.8) is 0 Å². The van der Waals surface area contributed by atoms with Crippen molar-refractivity contribution in [3.8, 4) is 0 Å². The zero-order chi connectivity index (χ0) is 14.9. The number of carboxylic acid groups (broad SMARTS) is 1. The SMILES string of the molecule is CCC(C)(CC)NC(=O)NC1C2CCC(C2)C1C(=O)O. The van der Waals surface area contributed by atoms with Crippen LogP contribution in [0.15, 0.2) is 0 Å². The summed E-state index contributed by atoms with van der Waals surface area (Å²) in [5, 5.41) is 15.3. The van der Waals surface area contributed by atoms with Crippen LogP contribution in [0, 0.1) is 17.8 Å². The minimum Gasteiger partial charge on any atom is -0.481 e. The van der Waals surface area contributed by atoms with E-state index in [9.17, 15) is 14.7 Å². The Bertz CT molecular complexity index is 393. The maximum atomic E-state index is 12.2. The smallest absolute Gasteiger partial charge is 0.315 e. The Kier molecular flexibility index (Phi) is 4.25. The molecule has 2 bridgehead atoms. The first-order chi connectivity index (χ1) is 9.40. The van der Waals surface area contributed by atoms with Gasteiger partial charge >= 0.3 is 12.0 Å². The fraction of sp³-hybridized carbons (Fsp3) is 0.867. The summed E-state index contributed by atoms with van der Waals surface area (Å²) >= 11 is 0. The molecule has 2 rings (SSSR count). The fourth-order valence-electron chi connectivity index (χ4n) is 3.74. The number of amides is 2. The molecule has 2 aliphatic rings. The number of carbonyl (C=O) groups excluding carboxylic acids is 1. The van der Waals surface area contributed by atoms with Crippen LogP contribution in [0.2, 0.25) is 0 Å². The molecule has 0 aliphatic heterocycles. The van der Waals surface area contributed by atoms with Crippen LogP contribution in [0.4, 0.5) is 4.79 Å². The van der Waals surface area contributed by atoms with Crippen LogP contribution in [-0.4, -0.2) is 28.7 Å². The van der Waals surface area contributed by atoms with Gasteiger partial charge in [0.05, 0.1) is 5.92 Å². The second kappa shape index (κ2) is 5.62. The Morgan fingerprint density at radius 3 is 2.35 bits per heavy atom. The van der Waals surface area contributed by atoms with Gasteiger partial charge in [-0.05, 0) is 50.9 Å². The van der Waals surface area contributed by atoms with Gasteiger partial charge in [0.2, 0.25) is 0 Å². The summed E-state index contributed by atoms with van der Waals surface area (Å²) in [6.45, 7) is 6.10. The summed E-state index contributed by atoms with van der Waals surface area (Å²) in [7, 11) is 0. The van der Waals surface area contributed by atoms with E-state index in [2.05, 4.69) is 10.6 Å². The molecule has 5 heteroatoms. The minimum atomic E-state index is -0.767. The Morgan fingerprint density at radius 2 is 1.80 bits per heavy atom. The number of carboxylic acids is 1. The number of hydrogen-bond donors (Lipinski definition) is 3. The van der Waals surface area contributed by atoms with E-state index >= 15 is 0 Å². The lowest BCUT2D eigenvalue weighted by molar-refractivity contribution is -0.144. The first kappa shape index (κ1) is 15.1. The van der Waals surface area contributed by atoms with E-state index in [-0.39, 0.29) is 23.5 Å². The van der Waals surface area contributed by atoms with Crippen LogP contribution in [0.25, 0.3) is 0 Å². The van der Waals surface area contributed by atoms with Gasteiger partial charge in [0.1, 0.15) is 0 Å². The van der Waals surface area contributed by atoms with Crippen LogP contribution in [0.5, 0.6) is 0 Å². The van der Waals surface area contributed by atoms with Crippen LogP contribution >= 0.6 is 0 Å². The molecule has 0 aromatic heterocycles. The molecule has 2 amide bonds. The van der Waals surface area contributed by atoms with E-state index in [1.807, 2.05) is 20.8 Å². The van der Waals surface area contributed by atoms with Crippen LogP contribution in [-0.2, 0) is 4.79 Å². The van der Waals surface area contributed by atoms with Gasteiger partial charge in [0.15, 0.2) is 0 Å².